The lowest BCUT2D eigenvalue weighted by molar-refractivity contribution is -0.148. The van der Waals surface area contributed by atoms with Gasteiger partial charge in [-0.05, 0) is 38.8 Å². The van der Waals surface area contributed by atoms with E-state index in [-0.39, 0.29) is 11.9 Å². The Labute approximate surface area is 206 Å². The van der Waals surface area contributed by atoms with Crippen molar-refractivity contribution in [3.8, 4) is 11.5 Å². The maximum absolute atomic E-state index is 12.5. The summed E-state index contributed by atoms with van der Waals surface area (Å²) < 4.78 is 18.2. The maximum Gasteiger partial charge on any atom is 0.310 e. The van der Waals surface area contributed by atoms with Crippen LogP contribution in [0.2, 0.25) is 0 Å². The quantitative estimate of drug-likeness (QED) is 0.465. The highest BCUT2D eigenvalue weighted by atomic mass is 16.5. The van der Waals surface area contributed by atoms with Crippen molar-refractivity contribution in [2.75, 3.05) is 38.8 Å². The molecule has 4 rings (SSSR count). The molecule has 188 valence electrons. The minimum atomic E-state index is -0.148. The highest BCUT2D eigenvalue weighted by Gasteiger charge is 2.29. The molecule has 0 spiro atoms. The Hall–Kier alpha value is -3.33. The van der Waals surface area contributed by atoms with Gasteiger partial charge >= 0.3 is 5.97 Å². The van der Waals surface area contributed by atoms with Crippen molar-refractivity contribution in [3.63, 3.8) is 0 Å². The molecule has 3 aromatic rings. The first kappa shape index (κ1) is 24.8. The average Bonchev–Trinajstić information content (AvgIpc) is 3.19. The third kappa shape index (κ3) is 5.51. The molecule has 0 aliphatic carbocycles. The van der Waals surface area contributed by atoms with E-state index in [1.807, 2.05) is 43.9 Å². The lowest BCUT2D eigenvalue weighted by atomic mass is 9.97. The van der Waals surface area contributed by atoms with Crippen LogP contribution in [0.1, 0.15) is 36.6 Å². The molecule has 0 amide bonds. The lowest BCUT2D eigenvalue weighted by Gasteiger charge is -2.34. The number of rotatable bonds is 9. The number of nitrogens with zero attached hydrogens (tertiary/aromatic N) is 4. The van der Waals surface area contributed by atoms with E-state index in [1.165, 1.54) is 0 Å². The molecular weight excluding hydrogens is 446 g/mol. The molecule has 1 aliphatic rings. The number of carbonyl (C=O) groups is 1. The van der Waals surface area contributed by atoms with Gasteiger partial charge in [-0.15, -0.1) is 0 Å². The first-order valence-corrected chi connectivity index (χ1v) is 12.1. The number of fused-ring (bicyclic) bond motifs is 1. The fourth-order valence-corrected chi connectivity index (χ4v) is 4.71. The van der Waals surface area contributed by atoms with Gasteiger partial charge in [0.2, 0.25) is 0 Å². The molecule has 35 heavy (non-hydrogen) atoms. The molecule has 1 aromatic carbocycles. The number of esters is 1. The van der Waals surface area contributed by atoms with Crippen molar-refractivity contribution in [2.24, 2.45) is 13.0 Å². The summed E-state index contributed by atoms with van der Waals surface area (Å²) in [5.41, 5.74) is 4.06. The van der Waals surface area contributed by atoms with Gasteiger partial charge in [0.25, 0.3) is 0 Å². The lowest BCUT2D eigenvalue weighted by Crippen LogP contribution is -2.40. The molecule has 1 N–H and O–H groups in total. The summed E-state index contributed by atoms with van der Waals surface area (Å²) in [4.78, 5) is 19.7. The Morgan fingerprint density at radius 3 is 2.57 bits per heavy atom. The Balaban J connectivity index is 1.66. The highest BCUT2D eigenvalue weighted by Crippen LogP contribution is 2.35. The van der Waals surface area contributed by atoms with Gasteiger partial charge in [0.05, 0.1) is 38.0 Å². The number of hydrogen-bond donors (Lipinski definition) is 1. The molecule has 9 nitrogen and oxygen atoms in total. The van der Waals surface area contributed by atoms with Crippen LogP contribution in [0.15, 0.2) is 24.4 Å². The van der Waals surface area contributed by atoms with Crippen molar-refractivity contribution in [1.82, 2.24) is 20.1 Å². The largest absolute Gasteiger partial charge is 0.493 e. The summed E-state index contributed by atoms with van der Waals surface area (Å²) in [7, 11) is 5.19. The average molecular weight is 482 g/mol. The third-order valence-electron chi connectivity index (χ3n) is 6.46. The van der Waals surface area contributed by atoms with Crippen LogP contribution >= 0.6 is 0 Å². The molecule has 0 unspecified atom stereocenters. The van der Waals surface area contributed by atoms with E-state index in [0.29, 0.717) is 37.7 Å². The summed E-state index contributed by atoms with van der Waals surface area (Å²) >= 11 is 0. The summed E-state index contributed by atoms with van der Waals surface area (Å²) in [5, 5.41) is 8.96. The van der Waals surface area contributed by atoms with Crippen LogP contribution < -0.4 is 19.7 Å². The van der Waals surface area contributed by atoms with E-state index in [0.717, 1.165) is 52.9 Å². The summed E-state index contributed by atoms with van der Waals surface area (Å²) in [5.74, 6) is 1.91. The van der Waals surface area contributed by atoms with Crippen LogP contribution in [0.25, 0.3) is 10.9 Å². The zero-order valence-electron chi connectivity index (χ0n) is 21.3. The van der Waals surface area contributed by atoms with Gasteiger partial charge in [-0.2, -0.15) is 5.10 Å². The zero-order valence-corrected chi connectivity index (χ0v) is 21.3. The zero-order chi connectivity index (χ0) is 24.9. The summed E-state index contributed by atoms with van der Waals surface area (Å²) in [6.07, 6.45) is 3.78. The third-order valence-corrected chi connectivity index (χ3v) is 6.46. The molecule has 1 atom stereocenters. The van der Waals surface area contributed by atoms with E-state index in [4.69, 9.17) is 19.2 Å². The molecular formula is C26H35N5O4. The molecule has 0 bridgehead atoms. The van der Waals surface area contributed by atoms with Gasteiger partial charge in [-0.25, -0.2) is 4.98 Å². The number of hydrogen-bond acceptors (Lipinski definition) is 8. The molecule has 1 saturated heterocycles. The van der Waals surface area contributed by atoms with E-state index in [2.05, 4.69) is 21.4 Å². The van der Waals surface area contributed by atoms with E-state index in [1.54, 1.807) is 14.2 Å². The molecule has 1 fully saturated rings. The molecule has 3 heterocycles. The van der Waals surface area contributed by atoms with Gasteiger partial charge in [-0.1, -0.05) is 0 Å². The van der Waals surface area contributed by atoms with Gasteiger partial charge in [0, 0.05) is 62.0 Å². The number of carbonyl (C=O) groups excluding carboxylic acids is 1. The molecule has 0 saturated carbocycles. The van der Waals surface area contributed by atoms with Crippen molar-refractivity contribution < 1.29 is 19.0 Å². The Bertz CT molecular complexity index is 1190. The Morgan fingerprint density at radius 2 is 1.89 bits per heavy atom. The van der Waals surface area contributed by atoms with E-state index < -0.39 is 0 Å². The second-order valence-electron chi connectivity index (χ2n) is 8.93. The molecule has 9 heteroatoms. The van der Waals surface area contributed by atoms with Crippen LogP contribution in [0.4, 0.5) is 5.82 Å². The van der Waals surface area contributed by atoms with Crippen LogP contribution in [0, 0.1) is 12.8 Å². The number of methoxy groups -OCH3 is 2. The number of nitrogens with one attached hydrogen (secondary N) is 1. The second-order valence-corrected chi connectivity index (χ2v) is 8.93. The SMILES string of the molecule is CCOC(=O)[C@H]1CCCN(c2nc3cc(OC)c(OC)cc3cc2CNCc2cn(C)nc2C)C1. The van der Waals surface area contributed by atoms with Crippen LogP contribution in [-0.4, -0.2) is 54.6 Å². The molecule has 2 aromatic heterocycles. The number of pyridine rings is 1. The van der Waals surface area contributed by atoms with Gasteiger partial charge in [-0.3, -0.25) is 9.48 Å². The minimum absolute atomic E-state index is 0.129. The standard InChI is InChI=1S/C26H35N5O4/c1-6-35-26(32)18-8-7-9-31(16-18)25-20(13-27-14-21-15-30(3)29-17(21)2)10-19-11-23(33-4)24(34-5)12-22(19)28-25/h10-12,15,18,27H,6-9,13-14,16H2,1-5H3/t18-/m0/s1. The number of piperidine rings is 1. The Kier molecular flexibility index (Phi) is 7.75. The number of aromatic nitrogens is 3. The monoisotopic (exact) mass is 481 g/mol. The smallest absolute Gasteiger partial charge is 0.310 e. The number of anilines is 1. The van der Waals surface area contributed by atoms with Crippen molar-refractivity contribution >= 4 is 22.7 Å². The van der Waals surface area contributed by atoms with Crippen LogP contribution in [-0.2, 0) is 29.7 Å². The van der Waals surface area contributed by atoms with Gasteiger partial charge in [0.1, 0.15) is 5.82 Å². The predicted molar refractivity (Wildman–Crippen MR) is 135 cm³/mol. The predicted octanol–water partition coefficient (Wildman–Crippen LogP) is 3.36. The fourth-order valence-electron chi connectivity index (χ4n) is 4.71. The fraction of sp³-hybridized carbons (Fsp3) is 0.500. The van der Waals surface area contributed by atoms with E-state index in [9.17, 15) is 4.79 Å². The van der Waals surface area contributed by atoms with E-state index >= 15 is 0 Å². The first-order valence-electron chi connectivity index (χ1n) is 12.1. The number of ether oxygens (including phenoxy) is 3. The number of benzene rings is 1. The van der Waals surface area contributed by atoms with Crippen molar-refractivity contribution in [2.45, 2.75) is 39.8 Å². The molecule has 0 radical (unpaired) electrons. The topological polar surface area (TPSA) is 90.7 Å². The highest BCUT2D eigenvalue weighted by molar-refractivity contribution is 5.85. The second kappa shape index (κ2) is 10.9. The minimum Gasteiger partial charge on any atom is -0.493 e. The van der Waals surface area contributed by atoms with Gasteiger partial charge < -0.3 is 24.4 Å². The van der Waals surface area contributed by atoms with Gasteiger partial charge in [0.15, 0.2) is 11.5 Å². The summed E-state index contributed by atoms with van der Waals surface area (Å²) in [6.45, 7) is 7.03. The number of aryl methyl sites for hydroxylation is 2. The van der Waals surface area contributed by atoms with Crippen LogP contribution in [0.3, 0.4) is 0 Å². The maximum atomic E-state index is 12.5. The summed E-state index contributed by atoms with van der Waals surface area (Å²) in [6, 6.07) is 6.01. The van der Waals surface area contributed by atoms with Crippen molar-refractivity contribution in [3.05, 3.63) is 41.2 Å². The van der Waals surface area contributed by atoms with Crippen LogP contribution in [0.5, 0.6) is 11.5 Å². The van der Waals surface area contributed by atoms with Crippen molar-refractivity contribution in [1.29, 1.82) is 0 Å². The Morgan fingerprint density at radius 1 is 1.14 bits per heavy atom. The normalized spacial score (nSPS) is 15.9. The molecule has 1 aliphatic heterocycles. The first-order chi connectivity index (χ1) is 16.9.